The highest BCUT2D eigenvalue weighted by Crippen LogP contribution is 2.51. The highest BCUT2D eigenvalue weighted by atomic mass is 15.0. The van der Waals surface area contributed by atoms with Crippen LogP contribution in [0.15, 0.2) is 158 Å². The van der Waals surface area contributed by atoms with Crippen molar-refractivity contribution in [3.8, 4) is 62.1 Å². The summed E-state index contributed by atoms with van der Waals surface area (Å²) in [4.78, 5) is 15.0. The molecule has 0 spiro atoms. The van der Waals surface area contributed by atoms with Crippen LogP contribution in [0.5, 0.6) is 0 Å². The molecule has 4 heteroatoms. The van der Waals surface area contributed by atoms with Crippen molar-refractivity contribution in [2.75, 3.05) is 0 Å². The Balaban J connectivity index is 1.28. The fourth-order valence-electron chi connectivity index (χ4n) is 7.31. The van der Waals surface area contributed by atoms with Crippen LogP contribution in [0.25, 0.3) is 94.7 Å². The van der Waals surface area contributed by atoms with Gasteiger partial charge in [-0.15, -0.1) is 0 Å². The van der Waals surface area contributed by atoms with Crippen LogP contribution in [0.3, 0.4) is 0 Å². The van der Waals surface area contributed by atoms with Gasteiger partial charge in [0.05, 0.1) is 11.0 Å². The Hall–Kier alpha value is -6.39. The van der Waals surface area contributed by atoms with Crippen molar-refractivity contribution in [3.63, 3.8) is 0 Å². The number of hydrogen-bond acceptors (Lipinski definition) is 3. The van der Waals surface area contributed by atoms with Gasteiger partial charge in [-0.2, -0.15) is 0 Å². The number of benzene rings is 7. The van der Waals surface area contributed by atoms with Gasteiger partial charge in [-0.25, -0.2) is 15.0 Å². The molecule has 0 amide bonds. The number of hydrogen-bond donors (Lipinski definition) is 0. The molecule has 47 heavy (non-hydrogen) atoms. The van der Waals surface area contributed by atoms with E-state index in [4.69, 9.17) is 15.0 Å². The van der Waals surface area contributed by atoms with Gasteiger partial charge in [0.25, 0.3) is 0 Å². The van der Waals surface area contributed by atoms with Crippen LogP contribution in [0.4, 0.5) is 0 Å². The molecule has 0 atom stereocenters. The minimum absolute atomic E-state index is 0.646. The molecule has 218 valence electrons. The minimum Gasteiger partial charge on any atom is -0.309 e. The summed E-state index contributed by atoms with van der Waals surface area (Å²) in [5, 5.41) is 5.06. The van der Waals surface area contributed by atoms with E-state index in [1.54, 1.807) is 0 Å². The third-order valence-corrected chi connectivity index (χ3v) is 9.37. The molecule has 0 radical (unpaired) electrons. The molecule has 0 fully saturated rings. The summed E-state index contributed by atoms with van der Waals surface area (Å²) in [6.07, 6.45) is 0. The van der Waals surface area contributed by atoms with E-state index < -0.39 is 0 Å². The Kier molecular flexibility index (Phi) is 5.54. The highest BCUT2D eigenvalue weighted by Gasteiger charge is 2.25. The van der Waals surface area contributed by atoms with E-state index >= 15 is 0 Å². The zero-order chi connectivity index (χ0) is 30.9. The van der Waals surface area contributed by atoms with Gasteiger partial charge in [-0.3, -0.25) is 0 Å². The van der Waals surface area contributed by atoms with Gasteiger partial charge in [-0.1, -0.05) is 133 Å². The maximum atomic E-state index is 5.04. The van der Waals surface area contributed by atoms with E-state index in [1.165, 1.54) is 49.3 Å². The number of fused-ring (bicyclic) bond motifs is 7. The number of nitrogens with zero attached hydrogens (tertiary/aromatic N) is 4. The number of para-hydroxylation sites is 1. The van der Waals surface area contributed by atoms with E-state index in [9.17, 15) is 0 Å². The fraction of sp³-hybridized carbons (Fsp3) is 0. The van der Waals surface area contributed by atoms with E-state index in [0.29, 0.717) is 17.5 Å². The van der Waals surface area contributed by atoms with Gasteiger partial charge in [0.2, 0.25) is 0 Å². The third kappa shape index (κ3) is 3.92. The lowest BCUT2D eigenvalue weighted by molar-refractivity contribution is 1.07. The molecule has 0 N–H and O–H groups in total. The molecule has 10 rings (SSSR count). The molecule has 1 aliphatic rings. The van der Waals surface area contributed by atoms with Gasteiger partial charge < -0.3 is 4.57 Å². The zero-order valence-electron chi connectivity index (χ0n) is 25.3. The van der Waals surface area contributed by atoms with Crippen molar-refractivity contribution in [3.05, 3.63) is 158 Å². The molecule has 4 nitrogen and oxygen atoms in total. The Labute approximate surface area is 271 Å². The summed E-state index contributed by atoms with van der Waals surface area (Å²) in [5.74, 6) is 1.96. The lowest BCUT2D eigenvalue weighted by Gasteiger charge is -2.11. The second-order valence-corrected chi connectivity index (χ2v) is 12.0. The van der Waals surface area contributed by atoms with Crippen molar-refractivity contribution in [2.24, 2.45) is 0 Å². The first-order valence-corrected chi connectivity index (χ1v) is 15.9. The summed E-state index contributed by atoms with van der Waals surface area (Å²) in [5.41, 5.74) is 11.5. The van der Waals surface area contributed by atoms with Crippen LogP contribution in [0.2, 0.25) is 0 Å². The summed E-state index contributed by atoms with van der Waals surface area (Å²) < 4.78 is 2.40. The Morgan fingerprint density at radius 2 is 0.894 bits per heavy atom. The maximum absolute atomic E-state index is 5.04. The third-order valence-electron chi connectivity index (χ3n) is 9.37. The predicted molar refractivity (Wildman–Crippen MR) is 192 cm³/mol. The van der Waals surface area contributed by atoms with Crippen molar-refractivity contribution in [1.82, 2.24) is 19.5 Å². The van der Waals surface area contributed by atoms with Gasteiger partial charge in [0.1, 0.15) is 0 Å². The highest BCUT2D eigenvalue weighted by molar-refractivity contribution is 6.29. The molecule has 1 aliphatic carbocycles. The largest absolute Gasteiger partial charge is 0.309 e. The lowest BCUT2D eigenvalue weighted by Crippen LogP contribution is -2.00. The minimum atomic E-state index is 0.646. The molecule has 9 aromatic rings. The quantitative estimate of drug-likeness (QED) is 0.202. The van der Waals surface area contributed by atoms with Gasteiger partial charge in [0, 0.05) is 33.2 Å². The second-order valence-electron chi connectivity index (χ2n) is 12.0. The Morgan fingerprint density at radius 1 is 0.340 bits per heavy atom. The molecule has 2 aromatic heterocycles. The Bertz CT molecular complexity index is 2600. The first-order chi connectivity index (χ1) is 23.3. The zero-order valence-corrected chi connectivity index (χ0v) is 25.3. The lowest BCUT2D eigenvalue weighted by atomic mass is 9.98. The fourth-order valence-corrected chi connectivity index (χ4v) is 7.31. The van der Waals surface area contributed by atoms with Crippen molar-refractivity contribution in [1.29, 1.82) is 0 Å². The average molecular weight is 599 g/mol. The average Bonchev–Trinajstić information content (AvgIpc) is 3.66. The smallest absolute Gasteiger partial charge is 0.164 e. The van der Waals surface area contributed by atoms with Crippen molar-refractivity contribution < 1.29 is 0 Å². The molecular weight excluding hydrogens is 573 g/mol. The summed E-state index contributed by atoms with van der Waals surface area (Å²) in [6, 6.07) is 55.5. The summed E-state index contributed by atoms with van der Waals surface area (Å²) >= 11 is 0. The summed E-state index contributed by atoms with van der Waals surface area (Å²) in [6.45, 7) is 0. The van der Waals surface area contributed by atoms with Crippen LogP contribution < -0.4 is 0 Å². The molecular formula is C43H26N4. The number of aromatic nitrogens is 4. The normalized spacial score (nSPS) is 11.8. The SMILES string of the molecule is c1ccc(-c2nc(-c3ccccc3)nc(-c3ccc4c5c6cccc7c6c(cc5n(-c5ccccc5)c4c3)-c3ccccc3-7)n2)cc1. The topological polar surface area (TPSA) is 43.6 Å². The molecule has 0 aliphatic heterocycles. The van der Waals surface area contributed by atoms with Crippen molar-refractivity contribution in [2.45, 2.75) is 0 Å². The van der Waals surface area contributed by atoms with Crippen LogP contribution in [-0.4, -0.2) is 19.5 Å². The van der Waals surface area contributed by atoms with Gasteiger partial charge >= 0.3 is 0 Å². The van der Waals surface area contributed by atoms with Crippen LogP contribution in [-0.2, 0) is 0 Å². The first kappa shape index (κ1) is 25.9. The van der Waals surface area contributed by atoms with E-state index in [-0.39, 0.29) is 0 Å². The molecule has 0 saturated heterocycles. The van der Waals surface area contributed by atoms with Crippen LogP contribution in [0.1, 0.15) is 0 Å². The summed E-state index contributed by atoms with van der Waals surface area (Å²) in [7, 11) is 0. The first-order valence-electron chi connectivity index (χ1n) is 15.9. The van der Waals surface area contributed by atoms with Gasteiger partial charge in [-0.05, 0) is 57.3 Å². The molecule has 0 saturated carbocycles. The molecule has 2 heterocycles. The number of rotatable bonds is 4. The Morgan fingerprint density at radius 3 is 1.55 bits per heavy atom. The van der Waals surface area contributed by atoms with Crippen LogP contribution >= 0.6 is 0 Å². The molecule has 0 bridgehead atoms. The molecule has 7 aromatic carbocycles. The van der Waals surface area contributed by atoms with E-state index in [2.05, 4.69) is 102 Å². The second kappa shape index (κ2) is 10.1. The molecule has 0 unspecified atom stereocenters. The maximum Gasteiger partial charge on any atom is 0.164 e. The van der Waals surface area contributed by atoms with E-state index in [1.807, 2.05) is 60.7 Å². The predicted octanol–water partition coefficient (Wildman–Crippen LogP) is 10.8. The standard InChI is InChI=1S/C43H26N4/c1-4-13-27(14-5-1)41-44-42(28-15-6-2-7-16-28)46-43(45-41)29-23-24-34-37(25-29)47(30-17-8-3-9-18-30)38-26-36-32-20-11-10-19-31(32)33-21-12-22-35(39(33)36)40(34)38/h1-26H. The van der Waals surface area contributed by atoms with Crippen molar-refractivity contribution >= 4 is 32.6 Å². The van der Waals surface area contributed by atoms with E-state index in [0.717, 1.165) is 27.9 Å². The monoisotopic (exact) mass is 598 g/mol. The van der Waals surface area contributed by atoms with Crippen LogP contribution in [0, 0.1) is 0 Å². The van der Waals surface area contributed by atoms with Gasteiger partial charge in [0.15, 0.2) is 17.5 Å².